The molecule has 4 N–H and O–H groups in total. The predicted molar refractivity (Wildman–Crippen MR) is 59.6 cm³/mol. The van der Waals surface area contributed by atoms with Gasteiger partial charge in [0, 0.05) is 6.42 Å². The first-order valence-electron chi connectivity index (χ1n) is 4.30. The number of carbonyl (C=O) groups is 2. The van der Waals surface area contributed by atoms with E-state index in [4.69, 9.17) is 10.9 Å². The summed E-state index contributed by atoms with van der Waals surface area (Å²) in [6.45, 7) is 1.00. The molecule has 94 valence electrons. The van der Waals surface area contributed by atoms with Gasteiger partial charge in [-0.1, -0.05) is 11.3 Å². The molecule has 0 aliphatic rings. The summed E-state index contributed by atoms with van der Waals surface area (Å²) in [5.41, 5.74) is 6.29. The zero-order chi connectivity index (χ0) is 13.3. The minimum absolute atomic E-state index is 0.00104. The van der Waals surface area contributed by atoms with Gasteiger partial charge in [-0.05, 0) is 6.92 Å². The molecule has 0 aliphatic carbocycles. The molecular weight excluding hydrogens is 268 g/mol. The van der Waals surface area contributed by atoms with E-state index in [1.54, 1.807) is 0 Å². The average molecular weight is 278 g/mol. The molecule has 0 saturated heterocycles. The Morgan fingerprint density at radius 2 is 2.12 bits per heavy atom. The fraction of sp³-hybridized carbons (Fsp3) is 0.429. The predicted octanol–water partition coefficient (Wildman–Crippen LogP) is -1.36. The molecule has 0 spiro atoms. The summed E-state index contributed by atoms with van der Waals surface area (Å²) in [5.74, 6) is -1.83. The number of aromatic nitrogens is 2. The molecule has 0 radical (unpaired) electrons. The smallest absolute Gasteiger partial charge is 0.240 e. The van der Waals surface area contributed by atoms with Gasteiger partial charge < -0.3 is 5.73 Å². The molecule has 17 heavy (non-hydrogen) atoms. The Labute approximate surface area is 101 Å². The molecule has 1 amide bonds. The third kappa shape index (κ3) is 2.65. The van der Waals surface area contributed by atoms with Gasteiger partial charge in [0.05, 0.1) is 0 Å². The lowest BCUT2D eigenvalue weighted by Gasteiger charge is -2.21. The minimum Gasteiger partial charge on any atom is -0.368 e. The molecule has 10 heteroatoms. The molecule has 1 atom stereocenters. The van der Waals surface area contributed by atoms with Crippen LogP contribution in [0.25, 0.3) is 0 Å². The molecular formula is C7H10N4O4S2. The van der Waals surface area contributed by atoms with Crippen LogP contribution < -0.4 is 10.9 Å². The number of sulfonamides is 1. The number of amides is 1. The first-order valence-corrected chi connectivity index (χ1v) is 6.72. The molecule has 0 aliphatic heterocycles. The lowest BCUT2D eigenvalue weighted by atomic mass is 10.0. The maximum Gasteiger partial charge on any atom is 0.240 e. The first kappa shape index (κ1) is 13.7. The maximum absolute atomic E-state index is 11.7. The molecule has 1 heterocycles. The number of carbonyl (C=O) groups excluding carboxylic acids is 2. The molecule has 8 nitrogen and oxygen atoms in total. The Hall–Kier alpha value is -1.39. The van der Waals surface area contributed by atoms with Crippen molar-refractivity contribution in [2.45, 2.75) is 18.1 Å². The van der Waals surface area contributed by atoms with Crippen molar-refractivity contribution in [3.63, 3.8) is 0 Å². The fourth-order valence-electron chi connectivity index (χ4n) is 1.00. The molecule has 1 aromatic heterocycles. The number of ketones is 1. The average Bonchev–Trinajstić information content (AvgIpc) is 2.67. The van der Waals surface area contributed by atoms with Crippen LogP contribution in [0.15, 0.2) is 5.51 Å². The van der Waals surface area contributed by atoms with E-state index in [1.807, 2.05) is 0 Å². The second-order valence-corrected chi connectivity index (χ2v) is 6.31. The SMILES string of the molecule is CC(CC(=O)c1nncs1)(C(N)=O)S(N)(=O)=O. The summed E-state index contributed by atoms with van der Waals surface area (Å²) in [5, 5.41) is 11.8. The van der Waals surface area contributed by atoms with Crippen molar-refractivity contribution in [2.24, 2.45) is 10.9 Å². The van der Waals surface area contributed by atoms with Gasteiger partial charge in [-0.25, -0.2) is 13.6 Å². The highest BCUT2D eigenvalue weighted by atomic mass is 32.2. The molecule has 1 rings (SSSR count). The third-order valence-corrected chi connectivity index (χ3v) is 4.58. The van der Waals surface area contributed by atoms with Crippen LogP contribution >= 0.6 is 11.3 Å². The van der Waals surface area contributed by atoms with Crippen LogP contribution in [0.1, 0.15) is 23.1 Å². The van der Waals surface area contributed by atoms with Gasteiger partial charge in [0.1, 0.15) is 5.51 Å². The Bertz CT molecular complexity index is 538. The Morgan fingerprint density at radius 1 is 1.53 bits per heavy atom. The van der Waals surface area contributed by atoms with Gasteiger partial charge in [0.15, 0.2) is 15.5 Å². The summed E-state index contributed by atoms with van der Waals surface area (Å²) in [6, 6.07) is 0. The summed E-state index contributed by atoms with van der Waals surface area (Å²) >= 11 is 0.935. The fourth-order valence-corrected chi connectivity index (χ4v) is 2.11. The number of hydrogen-bond acceptors (Lipinski definition) is 7. The number of primary amides is 1. The van der Waals surface area contributed by atoms with Gasteiger partial charge in [0.25, 0.3) is 0 Å². The Morgan fingerprint density at radius 3 is 2.47 bits per heavy atom. The second-order valence-electron chi connectivity index (χ2n) is 3.48. The van der Waals surface area contributed by atoms with Gasteiger partial charge in [-0.3, -0.25) is 9.59 Å². The van der Waals surface area contributed by atoms with E-state index in [0.29, 0.717) is 0 Å². The summed E-state index contributed by atoms with van der Waals surface area (Å²) in [4.78, 5) is 22.8. The normalized spacial score (nSPS) is 15.2. The van der Waals surface area contributed by atoms with E-state index in [0.717, 1.165) is 18.3 Å². The third-order valence-electron chi connectivity index (χ3n) is 2.25. The van der Waals surface area contributed by atoms with Crippen molar-refractivity contribution in [3.05, 3.63) is 10.5 Å². The van der Waals surface area contributed by atoms with Gasteiger partial charge >= 0.3 is 0 Å². The molecule has 1 unspecified atom stereocenters. The summed E-state index contributed by atoms with van der Waals surface area (Å²) in [6.07, 6.45) is -0.656. The molecule has 1 aromatic rings. The van der Waals surface area contributed by atoms with Gasteiger partial charge in [-0.15, -0.1) is 10.2 Å². The summed E-state index contributed by atoms with van der Waals surface area (Å²) < 4.78 is 20.4. The number of hydrogen-bond donors (Lipinski definition) is 2. The van der Waals surface area contributed by atoms with Crippen LogP contribution in [0.2, 0.25) is 0 Å². The summed E-state index contributed by atoms with van der Waals surface area (Å²) in [7, 11) is -4.29. The van der Waals surface area contributed by atoms with Crippen molar-refractivity contribution in [2.75, 3.05) is 0 Å². The minimum atomic E-state index is -4.29. The van der Waals surface area contributed by atoms with Crippen LogP contribution in [-0.2, 0) is 14.8 Å². The second kappa shape index (κ2) is 4.47. The van der Waals surface area contributed by atoms with E-state index in [1.165, 1.54) is 5.51 Å². The number of nitrogens with zero attached hydrogens (tertiary/aromatic N) is 2. The van der Waals surface area contributed by atoms with Crippen LogP contribution in [0.4, 0.5) is 0 Å². The largest absolute Gasteiger partial charge is 0.368 e. The van der Waals surface area contributed by atoms with Crippen LogP contribution in [0.5, 0.6) is 0 Å². The standard InChI is InChI=1S/C7H10N4O4S2/c1-7(6(8)13,17(9,14)15)2-4(12)5-11-10-3-16-5/h3H,2H2,1H3,(H2,8,13)(H2,9,14,15). The van der Waals surface area contributed by atoms with Crippen LogP contribution in [-0.4, -0.2) is 35.1 Å². The molecule has 0 fully saturated rings. The van der Waals surface area contributed by atoms with E-state index < -0.39 is 32.9 Å². The zero-order valence-corrected chi connectivity index (χ0v) is 10.4. The quantitative estimate of drug-likeness (QED) is 0.636. The van der Waals surface area contributed by atoms with Crippen molar-refractivity contribution < 1.29 is 18.0 Å². The maximum atomic E-state index is 11.7. The highest BCUT2D eigenvalue weighted by Gasteiger charge is 2.45. The lowest BCUT2D eigenvalue weighted by molar-refractivity contribution is -0.120. The number of primary sulfonamides is 1. The van der Waals surface area contributed by atoms with Crippen LogP contribution in [0.3, 0.4) is 0 Å². The number of Topliss-reactive ketones (excluding diaryl/α,β-unsaturated/α-hetero) is 1. The Kier molecular flexibility index (Phi) is 3.59. The molecule has 0 bridgehead atoms. The number of nitrogens with two attached hydrogens (primary N) is 2. The van der Waals surface area contributed by atoms with E-state index in [9.17, 15) is 18.0 Å². The Balaban J connectivity index is 3.06. The van der Waals surface area contributed by atoms with Crippen molar-refractivity contribution in [3.8, 4) is 0 Å². The van der Waals surface area contributed by atoms with Crippen LogP contribution in [0, 0.1) is 0 Å². The zero-order valence-electron chi connectivity index (χ0n) is 8.78. The van der Waals surface area contributed by atoms with E-state index in [2.05, 4.69) is 10.2 Å². The van der Waals surface area contributed by atoms with Crippen molar-refractivity contribution >= 4 is 33.1 Å². The van der Waals surface area contributed by atoms with Crippen molar-refractivity contribution in [1.29, 1.82) is 0 Å². The molecule has 0 saturated carbocycles. The van der Waals surface area contributed by atoms with E-state index in [-0.39, 0.29) is 5.01 Å². The van der Waals surface area contributed by atoms with Gasteiger partial charge in [0.2, 0.25) is 15.9 Å². The van der Waals surface area contributed by atoms with E-state index >= 15 is 0 Å². The number of rotatable bonds is 5. The highest BCUT2D eigenvalue weighted by molar-refractivity contribution is 7.91. The lowest BCUT2D eigenvalue weighted by Crippen LogP contribution is -2.52. The topological polar surface area (TPSA) is 146 Å². The van der Waals surface area contributed by atoms with Crippen molar-refractivity contribution in [1.82, 2.24) is 10.2 Å². The monoisotopic (exact) mass is 278 g/mol. The highest BCUT2D eigenvalue weighted by Crippen LogP contribution is 2.21. The van der Waals surface area contributed by atoms with Gasteiger partial charge in [-0.2, -0.15) is 0 Å². The first-order chi connectivity index (χ1) is 7.68. The molecule has 0 aromatic carbocycles.